The number of benzene rings is 2. The van der Waals surface area contributed by atoms with Crippen LogP contribution in [0, 0.1) is 11.6 Å². The highest BCUT2D eigenvalue weighted by Gasteiger charge is 2.41. The van der Waals surface area contributed by atoms with Gasteiger partial charge in [-0.2, -0.15) is 0 Å². The molecule has 1 N–H and O–H groups in total. The number of nitrogens with zero attached hydrogens (tertiary/aromatic N) is 1. The van der Waals surface area contributed by atoms with E-state index in [9.17, 15) is 18.0 Å². The van der Waals surface area contributed by atoms with Crippen molar-refractivity contribution >= 4 is 17.5 Å². The number of hydrogen-bond donors (Lipinski definition) is 1. The summed E-state index contributed by atoms with van der Waals surface area (Å²) in [6.07, 6.45) is -0.823. The number of carbonyl (C=O) groups is 1. The van der Waals surface area contributed by atoms with Crippen molar-refractivity contribution < 1.29 is 22.7 Å². The number of carbonyl (C=O) groups excluding carboxylic acids is 1. The molecule has 1 saturated heterocycles. The molecule has 132 valence electrons. The Bertz CT molecular complexity index is 750. The fourth-order valence-corrected chi connectivity index (χ4v) is 2.72. The van der Waals surface area contributed by atoms with Gasteiger partial charge in [0.05, 0.1) is 13.1 Å². The molecule has 0 radical (unpaired) electrons. The molecule has 1 aliphatic rings. The molecule has 7 heteroatoms. The van der Waals surface area contributed by atoms with Crippen LogP contribution in [0.5, 0.6) is 0 Å². The summed E-state index contributed by atoms with van der Waals surface area (Å²) in [5.41, 5.74) is -1.02. The molecule has 0 bridgehead atoms. The second-order valence-corrected chi connectivity index (χ2v) is 6.24. The van der Waals surface area contributed by atoms with Crippen LogP contribution in [0.4, 0.5) is 29.3 Å². The van der Waals surface area contributed by atoms with Crippen LogP contribution in [0.1, 0.15) is 12.5 Å². The number of ether oxygens (including phenoxy) is 1. The maximum absolute atomic E-state index is 14.1. The molecule has 0 aliphatic carbocycles. The van der Waals surface area contributed by atoms with Gasteiger partial charge in [0, 0.05) is 5.69 Å². The highest BCUT2D eigenvalue weighted by molar-refractivity contribution is 5.85. The quantitative estimate of drug-likeness (QED) is 0.896. The summed E-state index contributed by atoms with van der Waals surface area (Å²) in [5, 5.41) is 2.28. The van der Waals surface area contributed by atoms with Gasteiger partial charge < -0.3 is 9.64 Å². The van der Waals surface area contributed by atoms with Crippen molar-refractivity contribution in [2.24, 2.45) is 0 Å². The number of nitrogens with one attached hydrogen (secondary N) is 1. The average molecular weight is 350 g/mol. The average Bonchev–Trinajstić information content (AvgIpc) is 2.51. The minimum absolute atomic E-state index is 0.0403. The Morgan fingerprint density at radius 3 is 2.36 bits per heavy atom. The van der Waals surface area contributed by atoms with Crippen LogP contribution in [0.3, 0.4) is 0 Å². The molecule has 1 fully saturated rings. The van der Waals surface area contributed by atoms with E-state index in [1.807, 2.05) is 6.07 Å². The summed E-state index contributed by atoms with van der Waals surface area (Å²) in [6.45, 7) is 1.26. The summed E-state index contributed by atoms with van der Waals surface area (Å²) >= 11 is 0. The van der Waals surface area contributed by atoms with E-state index < -0.39 is 23.4 Å². The Morgan fingerprint density at radius 1 is 1.20 bits per heavy atom. The molecular weight excluding hydrogens is 333 g/mol. The molecular formula is C18H17F3N2O2. The highest BCUT2D eigenvalue weighted by atomic mass is 19.1. The zero-order valence-corrected chi connectivity index (χ0v) is 13.6. The van der Waals surface area contributed by atoms with E-state index in [4.69, 9.17) is 4.74 Å². The van der Waals surface area contributed by atoms with Gasteiger partial charge in [0.15, 0.2) is 11.6 Å². The van der Waals surface area contributed by atoms with Gasteiger partial charge in [0.25, 0.3) is 0 Å². The van der Waals surface area contributed by atoms with Crippen molar-refractivity contribution in [3.05, 3.63) is 59.7 Å². The van der Waals surface area contributed by atoms with E-state index in [0.29, 0.717) is 0 Å². The number of amides is 1. The smallest absolute Gasteiger partial charge is 0.411 e. The Balaban J connectivity index is 1.62. The zero-order chi connectivity index (χ0) is 18.0. The molecule has 0 spiro atoms. The summed E-state index contributed by atoms with van der Waals surface area (Å²) in [7, 11) is 0. The van der Waals surface area contributed by atoms with Gasteiger partial charge in [0.2, 0.25) is 0 Å². The molecule has 3 rings (SSSR count). The van der Waals surface area contributed by atoms with Gasteiger partial charge >= 0.3 is 6.09 Å². The van der Waals surface area contributed by atoms with E-state index in [-0.39, 0.29) is 31.1 Å². The Morgan fingerprint density at radius 2 is 1.80 bits per heavy atom. The van der Waals surface area contributed by atoms with Crippen LogP contribution < -0.4 is 10.2 Å². The lowest BCUT2D eigenvalue weighted by atomic mass is 9.98. The lowest BCUT2D eigenvalue weighted by molar-refractivity contribution is 0.143. The van der Waals surface area contributed by atoms with Crippen LogP contribution in [0.15, 0.2) is 42.5 Å². The first-order valence-corrected chi connectivity index (χ1v) is 7.75. The third-order valence-electron chi connectivity index (χ3n) is 3.83. The first-order valence-electron chi connectivity index (χ1n) is 7.75. The Hall–Kier alpha value is -2.70. The molecule has 1 aliphatic heterocycles. The van der Waals surface area contributed by atoms with E-state index >= 15 is 0 Å². The third kappa shape index (κ3) is 4.04. The van der Waals surface area contributed by atoms with E-state index in [0.717, 1.165) is 17.7 Å². The van der Waals surface area contributed by atoms with Crippen molar-refractivity contribution in [2.45, 2.75) is 19.2 Å². The summed E-state index contributed by atoms with van der Waals surface area (Å²) in [5.74, 6) is -1.73. The number of alkyl halides is 1. The van der Waals surface area contributed by atoms with Crippen molar-refractivity contribution in [1.82, 2.24) is 0 Å². The lowest BCUT2D eigenvalue weighted by Gasteiger charge is -2.43. The van der Waals surface area contributed by atoms with Gasteiger partial charge in [0.1, 0.15) is 18.0 Å². The predicted molar refractivity (Wildman–Crippen MR) is 88.3 cm³/mol. The molecule has 1 amide bonds. The second kappa shape index (κ2) is 6.66. The summed E-state index contributed by atoms with van der Waals surface area (Å²) < 4.78 is 46.8. The largest absolute Gasteiger partial charge is 0.444 e. The van der Waals surface area contributed by atoms with Crippen LogP contribution in [0.2, 0.25) is 0 Å². The van der Waals surface area contributed by atoms with Gasteiger partial charge in [-0.25, -0.2) is 18.0 Å². The van der Waals surface area contributed by atoms with Gasteiger partial charge in [-0.3, -0.25) is 5.32 Å². The SMILES string of the molecule is CC1(F)CN(c2c(F)cc(NC(=O)OCc3ccccc3)cc2F)C1. The monoisotopic (exact) mass is 350 g/mol. The molecule has 2 aromatic carbocycles. The number of halogens is 3. The normalized spacial score (nSPS) is 15.4. The van der Waals surface area contributed by atoms with Crippen molar-refractivity contribution in [2.75, 3.05) is 23.3 Å². The lowest BCUT2D eigenvalue weighted by Crippen LogP contribution is -2.57. The molecule has 0 atom stereocenters. The first kappa shape index (κ1) is 17.1. The maximum atomic E-state index is 14.1. The highest BCUT2D eigenvalue weighted by Crippen LogP contribution is 2.35. The number of rotatable bonds is 4. The molecule has 0 unspecified atom stereocenters. The molecule has 0 aromatic heterocycles. The third-order valence-corrected chi connectivity index (χ3v) is 3.83. The molecule has 4 nitrogen and oxygen atoms in total. The van der Waals surface area contributed by atoms with Gasteiger partial charge in [-0.05, 0) is 24.6 Å². The van der Waals surface area contributed by atoms with Crippen LogP contribution >= 0.6 is 0 Å². The minimum atomic E-state index is -1.45. The summed E-state index contributed by atoms with van der Waals surface area (Å²) in [6, 6.07) is 11.0. The topological polar surface area (TPSA) is 41.6 Å². The van der Waals surface area contributed by atoms with E-state index in [1.54, 1.807) is 24.3 Å². The van der Waals surface area contributed by atoms with Crippen LogP contribution in [0.25, 0.3) is 0 Å². The van der Waals surface area contributed by atoms with Crippen molar-refractivity contribution in [3.8, 4) is 0 Å². The zero-order valence-electron chi connectivity index (χ0n) is 13.6. The van der Waals surface area contributed by atoms with E-state index in [2.05, 4.69) is 5.32 Å². The second-order valence-electron chi connectivity index (χ2n) is 6.24. The molecule has 25 heavy (non-hydrogen) atoms. The molecule has 0 saturated carbocycles. The molecule has 1 heterocycles. The van der Waals surface area contributed by atoms with Crippen molar-refractivity contribution in [3.63, 3.8) is 0 Å². The Kier molecular flexibility index (Phi) is 4.57. The maximum Gasteiger partial charge on any atom is 0.411 e. The standard InChI is InChI=1S/C18H17F3N2O2/c1-18(21)10-23(11-18)16-14(19)7-13(8-15(16)20)22-17(24)25-9-12-5-3-2-4-6-12/h2-8H,9-11H2,1H3,(H,22,24). The van der Waals surface area contributed by atoms with E-state index in [1.165, 1.54) is 11.8 Å². The Labute approximate surface area is 143 Å². The van der Waals surface area contributed by atoms with Gasteiger partial charge in [-0.15, -0.1) is 0 Å². The number of hydrogen-bond acceptors (Lipinski definition) is 3. The first-order chi connectivity index (χ1) is 11.8. The fraction of sp³-hybridized carbons (Fsp3) is 0.278. The van der Waals surface area contributed by atoms with Crippen LogP contribution in [-0.4, -0.2) is 24.9 Å². The van der Waals surface area contributed by atoms with Gasteiger partial charge in [-0.1, -0.05) is 30.3 Å². The molecule has 2 aromatic rings. The minimum Gasteiger partial charge on any atom is -0.444 e. The predicted octanol–water partition coefficient (Wildman–Crippen LogP) is 4.26. The van der Waals surface area contributed by atoms with Crippen molar-refractivity contribution in [1.29, 1.82) is 0 Å². The summed E-state index contributed by atoms with van der Waals surface area (Å²) in [4.78, 5) is 13.0. The number of anilines is 2. The fourth-order valence-electron chi connectivity index (χ4n) is 2.72. The van der Waals surface area contributed by atoms with Crippen LogP contribution in [-0.2, 0) is 11.3 Å².